The zero-order valence-electron chi connectivity index (χ0n) is 19.2. The minimum atomic E-state index is -0.181. The van der Waals surface area contributed by atoms with Gasteiger partial charge in [-0.05, 0) is 69.3 Å². The van der Waals surface area contributed by atoms with E-state index in [1.807, 2.05) is 57.2 Å². The largest absolute Gasteiger partial charge is 0.494 e. The van der Waals surface area contributed by atoms with Crippen molar-refractivity contribution in [2.75, 3.05) is 24.3 Å². The number of thioether (sulfide) groups is 1. The fourth-order valence-electron chi connectivity index (χ4n) is 3.45. The second kappa shape index (κ2) is 10.4. The third-order valence-electron chi connectivity index (χ3n) is 4.97. The Balaban J connectivity index is 1.59. The molecule has 0 aliphatic rings. The van der Waals surface area contributed by atoms with Crippen LogP contribution in [0.3, 0.4) is 0 Å². The summed E-state index contributed by atoms with van der Waals surface area (Å²) in [5.41, 5.74) is 2.88. The van der Waals surface area contributed by atoms with Gasteiger partial charge in [0.1, 0.15) is 17.0 Å². The summed E-state index contributed by atoms with van der Waals surface area (Å²) in [6.07, 6.45) is 0. The number of hydrogen-bond donors (Lipinski definition) is 3. The predicted octanol–water partition coefficient (Wildman–Crippen LogP) is 4.06. The van der Waals surface area contributed by atoms with E-state index in [1.54, 1.807) is 16.7 Å². The molecular formula is C24H26N6O3S. The third-order valence-corrected chi connectivity index (χ3v) is 5.91. The zero-order valence-corrected chi connectivity index (χ0v) is 20.0. The molecule has 0 fully saturated rings. The van der Waals surface area contributed by atoms with Gasteiger partial charge in [-0.25, -0.2) is 4.98 Å². The molecule has 0 aliphatic carbocycles. The Bertz CT molecular complexity index is 1350. The minimum absolute atomic E-state index is 0.117. The average molecular weight is 479 g/mol. The van der Waals surface area contributed by atoms with Crippen molar-refractivity contribution in [3.05, 3.63) is 59.7 Å². The number of carbonyl (C=O) groups excluding carboxylic acids is 1. The van der Waals surface area contributed by atoms with Crippen molar-refractivity contribution in [3.63, 3.8) is 0 Å². The van der Waals surface area contributed by atoms with Crippen molar-refractivity contribution in [3.8, 4) is 17.2 Å². The standard InChI is InChI=1S/C24H26N6O3S/c1-4-32-18-10-6-16(7-11-18)26-20(31)14-34-24-27-23-21(15(3)28-29-23)22(25)30(24)17-8-12-19(13-9-17)33-5-2/h6-13,25H,4-5,14H2,1-3H3,(H,26,31)(H,28,29). The molecule has 2 heterocycles. The molecule has 0 atom stereocenters. The van der Waals surface area contributed by atoms with Gasteiger partial charge >= 0.3 is 0 Å². The lowest BCUT2D eigenvalue weighted by Crippen LogP contribution is -2.23. The highest BCUT2D eigenvalue weighted by Crippen LogP contribution is 2.24. The van der Waals surface area contributed by atoms with Crippen LogP contribution in [-0.4, -0.2) is 44.6 Å². The van der Waals surface area contributed by atoms with E-state index in [9.17, 15) is 4.79 Å². The van der Waals surface area contributed by atoms with E-state index >= 15 is 0 Å². The molecule has 9 nitrogen and oxygen atoms in total. The van der Waals surface area contributed by atoms with Crippen molar-refractivity contribution in [1.82, 2.24) is 19.7 Å². The van der Waals surface area contributed by atoms with Gasteiger partial charge in [-0.1, -0.05) is 11.8 Å². The highest BCUT2D eigenvalue weighted by molar-refractivity contribution is 7.99. The number of rotatable bonds is 9. The molecule has 176 valence electrons. The normalized spacial score (nSPS) is 10.9. The lowest BCUT2D eigenvalue weighted by atomic mass is 10.2. The molecule has 0 saturated heterocycles. The molecule has 0 aliphatic heterocycles. The van der Waals surface area contributed by atoms with Gasteiger partial charge < -0.3 is 14.8 Å². The molecule has 0 unspecified atom stereocenters. The van der Waals surface area contributed by atoms with E-state index in [2.05, 4.69) is 20.5 Å². The maximum absolute atomic E-state index is 12.6. The van der Waals surface area contributed by atoms with Gasteiger partial charge in [0.15, 0.2) is 10.8 Å². The van der Waals surface area contributed by atoms with Crippen LogP contribution in [0.4, 0.5) is 5.69 Å². The van der Waals surface area contributed by atoms with E-state index in [-0.39, 0.29) is 17.1 Å². The van der Waals surface area contributed by atoms with E-state index < -0.39 is 0 Å². The van der Waals surface area contributed by atoms with E-state index in [0.717, 1.165) is 22.9 Å². The first-order valence-electron chi connectivity index (χ1n) is 10.9. The number of aromatic amines is 1. The van der Waals surface area contributed by atoms with Gasteiger partial charge in [0.25, 0.3) is 0 Å². The zero-order chi connectivity index (χ0) is 24.1. The Morgan fingerprint density at radius 2 is 1.68 bits per heavy atom. The summed E-state index contributed by atoms with van der Waals surface area (Å²) in [6, 6.07) is 14.7. The van der Waals surface area contributed by atoms with Crippen LogP contribution in [-0.2, 0) is 4.79 Å². The van der Waals surface area contributed by atoms with Crippen molar-refractivity contribution in [1.29, 1.82) is 5.41 Å². The first-order valence-corrected chi connectivity index (χ1v) is 11.9. The maximum Gasteiger partial charge on any atom is 0.234 e. The maximum atomic E-state index is 12.6. The Kier molecular flexibility index (Phi) is 7.17. The number of aryl methyl sites for hydroxylation is 1. The number of carbonyl (C=O) groups is 1. The number of H-pyrrole nitrogens is 1. The number of nitrogens with zero attached hydrogens (tertiary/aromatic N) is 3. The number of hydrogen-bond acceptors (Lipinski definition) is 7. The highest BCUT2D eigenvalue weighted by Gasteiger charge is 2.16. The molecule has 0 bridgehead atoms. The number of fused-ring (bicyclic) bond motifs is 1. The Hall–Kier alpha value is -3.79. The van der Waals surface area contributed by atoms with Gasteiger partial charge in [-0.2, -0.15) is 5.10 Å². The molecule has 10 heteroatoms. The van der Waals surface area contributed by atoms with Crippen LogP contribution in [0.1, 0.15) is 19.5 Å². The molecule has 4 rings (SSSR count). The number of ether oxygens (including phenoxy) is 2. The minimum Gasteiger partial charge on any atom is -0.494 e. The third kappa shape index (κ3) is 5.07. The predicted molar refractivity (Wildman–Crippen MR) is 132 cm³/mol. The first-order chi connectivity index (χ1) is 16.5. The molecule has 1 amide bonds. The van der Waals surface area contributed by atoms with E-state index in [0.29, 0.717) is 35.1 Å². The number of anilines is 1. The molecule has 34 heavy (non-hydrogen) atoms. The van der Waals surface area contributed by atoms with Crippen molar-refractivity contribution in [2.45, 2.75) is 25.9 Å². The second-order valence-corrected chi connectivity index (χ2v) is 8.29. The fraction of sp³-hybridized carbons (Fsp3) is 0.250. The number of aromatic nitrogens is 4. The van der Waals surface area contributed by atoms with Crippen LogP contribution in [0.5, 0.6) is 11.5 Å². The highest BCUT2D eigenvalue weighted by atomic mass is 32.2. The molecule has 2 aromatic heterocycles. The van der Waals surface area contributed by atoms with E-state index in [4.69, 9.17) is 14.9 Å². The van der Waals surface area contributed by atoms with Gasteiger partial charge in [-0.3, -0.25) is 19.9 Å². The van der Waals surface area contributed by atoms with Crippen molar-refractivity contribution >= 4 is 34.4 Å². The lowest BCUT2D eigenvalue weighted by molar-refractivity contribution is -0.113. The SMILES string of the molecule is CCOc1ccc(NC(=O)CSc2nc3n[nH]c(C)c3c(=N)n2-c2ccc(OCC)cc2)cc1. The van der Waals surface area contributed by atoms with Crippen LogP contribution in [0, 0.1) is 12.3 Å². The summed E-state index contributed by atoms with van der Waals surface area (Å²) < 4.78 is 12.7. The summed E-state index contributed by atoms with van der Waals surface area (Å²) in [5, 5.41) is 20.0. The van der Waals surface area contributed by atoms with Crippen LogP contribution < -0.4 is 20.3 Å². The molecule has 0 spiro atoms. The Labute approximate surface area is 201 Å². The molecular weight excluding hydrogens is 452 g/mol. The molecule has 4 aromatic rings. The lowest BCUT2D eigenvalue weighted by Gasteiger charge is -2.14. The summed E-state index contributed by atoms with van der Waals surface area (Å²) >= 11 is 1.24. The Morgan fingerprint density at radius 3 is 2.29 bits per heavy atom. The summed E-state index contributed by atoms with van der Waals surface area (Å²) in [5.74, 6) is 1.43. The summed E-state index contributed by atoms with van der Waals surface area (Å²) in [4.78, 5) is 17.3. The van der Waals surface area contributed by atoms with Crippen LogP contribution in [0.2, 0.25) is 0 Å². The van der Waals surface area contributed by atoms with E-state index in [1.165, 1.54) is 11.8 Å². The number of amides is 1. The molecule has 0 radical (unpaired) electrons. The van der Waals surface area contributed by atoms with Crippen LogP contribution in [0.15, 0.2) is 53.7 Å². The summed E-state index contributed by atoms with van der Waals surface area (Å²) in [7, 11) is 0. The topological polar surface area (TPSA) is 118 Å². The number of nitrogens with one attached hydrogen (secondary N) is 3. The quantitative estimate of drug-likeness (QED) is 0.247. The Morgan fingerprint density at radius 1 is 1.06 bits per heavy atom. The number of benzene rings is 2. The van der Waals surface area contributed by atoms with Crippen molar-refractivity contribution < 1.29 is 14.3 Å². The van der Waals surface area contributed by atoms with Gasteiger partial charge in [0, 0.05) is 17.1 Å². The first kappa shape index (κ1) is 23.4. The fourth-order valence-corrected chi connectivity index (χ4v) is 4.26. The molecule has 2 aromatic carbocycles. The van der Waals surface area contributed by atoms with Crippen LogP contribution in [0.25, 0.3) is 16.7 Å². The summed E-state index contributed by atoms with van der Waals surface area (Å²) in [6.45, 7) is 6.86. The second-order valence-electron chi connectivity index (χ2n) is 7.35. The molecule has 0 saturated carbocycles. The van der Waals surface area contributed by atoms with Crippen LogP contribution >= 0.6 is 11.8 Å². The molecule has 3 N–H and O–H groups in total. The average Bonchev–Trinajstić information content (AvgIpc) is 3.21. The smallest absolute Gasteiger partial charge is 0.234 e. The monoisotopic (exact) mass is 478 g/mol. The van der Waals surface area contributed by atoms with Gasteiger partial charge in [0.05, 0.1) is 24.4 Å². The van der Waals surface area contributed by atoms with Gasteiger partial charge in [0.2, 0.25) is 5.91 Å². The van der Waals surface area contributed by atoms with Crippen molar-refractivity contribution in [2.24, 2.45) is 0 Å². The van der Waals surface area contributed by atoms with Gasteiger partial charge in [-0.15, -0.1) is 0 Å².